The van der Waals surface area contributed by atoms with Crippen molar-refractivity contribution in [2.45, 2.75) is 13.1 Å². The average molecular weight is 273 g/mol. The fourth-order valence-corrected chi connectivity index (χ4v) is 2.00. The van der Waals surface area contributed by atoms with Gasteiger partial charge in [0.2, 0.25) is 0 Å². The molecule has 0 spiro atoms. The summed E-state index contributed by atoms with van der Waals surface area (Å²) in [6.07, 6.45) is 1.33. The van der Waals surface area contributed by atoms with Gasteiger partial charge in [0.1, 0.15) is 13.0 Å². The van der Waals surface area contributed by atoms with Gasteiger partial charge in [-0.1, -0.05) is 35.5 Å². The summed E-state index contributed by atoms with van der Waals surface area (Å²) in [5.74, 6) is 0. The number of hydrogen-bond acceptors (Lipinski definition) is 4. The van der Waals surface area contributed by atoms with E-state index >= 15 is 0 Å². The Kier molecular flexibility index (Phi) is 3.24. The van der Waals surface area contributed by atoms with Crippen LogP contribution in [0.25, 0.3) is 11.2 Å². The summed E-state index contributed by atoms with van der Waals surface area (Å²) in [4.78, 5) is 16.2. The highest BCUT2D eigenvalue weighted by molar-refractivity contribution is 5.67. The maximum atomic E-state index is 12.3. The Morgan fingerprint density at radius 3 is 2.75 bits per heavy atom. The minimum absolute atomic E-state index is 0.0205. The Bertz CT molecular complexity index is 780. The van der Waals surface area contributed by atoms with Gasteiger partial charge in [-0.3, -0.25) is 9.36 Å². The first kappa shape index (κ1) is 12.5. The highest BCUT2D eigenvalue weighted by Gasteiger charge is 2.11. The Labute approximate surface area is 113 Å². The number of hydrogen-bond donors (Lipinski definition) is 0. The Morgan fingerprint density at radius 2 is 2.00 bits per heavy atom. The topological polar surface area (TPSA) is 65.6 Å². The lowest BCUT2D eigenvalue weighted by Crippen LogP contribution is -2.21. The zero-order chi connectivity index (χ0) is 13.9. The van der Waals surface area contributed by atoms with Crippen LogP contribution in [0.5, 0.6) is 0 Å². The van der Waals surface area contributed by atoms with E-state index in [2.05, 4.69) is 15.3 Å². The molecule has 102 valence electrons. The molecule has 6 nitrogen and oxygen atoms in total. The van der Waals surface area contributed by atoms with E-state index in [-0.39, 0.29) is 17.6 Å². The molecule has 3 aromatic rings. The van der Waals surface area contributed by atoms with Gasteiger partial charge in [0.25, 0.3) is 5.56 Å². The van der Waals surface area contributed by atoms with Crippen LogP contribution in [0.3, 0.4) is 0 Å². The fraction of sp³-hybridized carbons (Fsp3) is 0.231. The summed E-state index contributed by atoms with van der Waals surface area (Å²) in [7, 11) is 0. The number of rotatable bonds is 4. The number of halogens is 1. The SMILES string of the molecule is O=c1c2nnn(Cc3ccccc3)c2ncn1CCF. The van der Waals surface area contributed by atoms with E-state index in [0.717, 1.165) is 5.56 Å². The summed E-state index contributed by atoms with van der Waals surface area (Å²) < 4.78 is 15.1. The second-order valence-electron chi connectivity index (χ2n) is 4.34. The highest BCUT2D eigenvalue weighted by Crippen LogP contribution is 2.06. The van der Waals surface area contributed by atoms with Crippen molar-refractivity contribution in [1.29, 1.82) is 0 Å². The summed E-state index contributed by atoms with van der Waals surface area (Å²) in [5, 5.41) is 7.80. The molecule has 0 bridgehead atoms. The predicted octanol–water partition coefficient (Wildman–Crippen LogP) is 1.01. The lowest BCUT2D eigenvalue weighted by Gasteiger charge is -2.03. The molecule has 0 unspecified atom stereocenters. The van der Waals surface area contributed by atoms with Gasteiger partial charge in [0.15, 0.2) is 11.2 Å². The van der Waals surface area contributed by atoms with Crippen LogP contribution >= 0.6 is 0 Å². The fourth-order valence-electron chi connectivity index (χ4n) is 2.00. The number of benzene rings is 1. The zero-order valence-electron chi connectivity index (χ0n) is 10.6. The number of aryl methyl sites for hydroxylation is 1. The molecule has 3 rings (SSSR count). The van der Waals surface area contributed by atoms with Crippen molar-refractivity contribution >= 4 is 11.2 Å². The molecule has 0 saturated heterocycles. The number of alkyl halides is 1. The molecule has 1 aromatic carbocycles. The van der Waals surface area contributed by atoms with Crippen molar-refractivity contribution in [2.24, 2.45) is 0 Å². The lowest BCUT2D eigenvalue weighted by molar-refractivity contribution is 0.439. The third-order valence-electron chi connectivity index (χ3n) is 2.99. The van der Waals surface area contributed by atoms with Crippen molar-refractivity contribution in [3.63, 3.8) is 0 Å². The van der Waals surface area contributed by atoms with E-state index in [1.807, 2.05) is 30.3 Å². The Balaban J connectivity index is 2.02. The monoisotopic (exact) mass is 273 g/mol. The molecule has 0 aliphatic heterocycles. The first-order chi connectivity index (χ1) is 9.79. The molecule has 0 N–H and O–H groups in total. The van der Waals surface area contributed by atoms with Gasteiger partial charge in [-0.25, -0.2) is 14.1 Å². The maximum absolute atomic E-state index is 12.3. The quantitative estimate of drug-likeness (QED) is 0.711. The van der Waals surface area contributed by atoms with E-state index in [4.69, 9.17) is 0 Å². The number of aromatic nitrogens is 5. The predicted molar refractivity (Wildman–Crippen MR) is 71.1 cm³/mol. The smallest absolute Gasteiger partial charge is 0.283 e. The number of fused-ring (bicyclic) bond motifs is 1. The molecule has 0 aliphatic rings. The molecule has 0 fully saturated rings. The van der Waals surface area contributed by atoms with Gasteiger partial charge >= 0.3 is 0 Å². The summed E-state index contributed by atoms with van der Waals surface area (Å²) >= 11 is 0. The van der Waals surface area contributed by atoms with E-state index in [9.17, 15) is 9.18 Å². The second kappa shape index (κ2) is 5.20. The van der Waals surface area contributed by atoms with Gasteiger partial charge in [-0.15, -0.1) is 5.10 Å². The van der Waals surface area contributed by atoms with E-state index in [0.29, 0.717) is 12.2 Å². The first-order valence-corrected chi connectivity index (χ1v) is 6.18. The van der Waals surface area contributed by atoms with Gasteiger partial charge in [0, 0.05) is 0 Å². The first-order valence-electron chi connectivity index (χ1n) is 6.18. The van der Waals surface area contributed by atoms with Crippen molar-refractivity contribution in [3.05, 3.63) is 52.6 Å². The molecular weight excluding hydrogens is 261 g/mol. The molecule has 0 saturated carbocycles. The van der Waals surface area contributed by atoms with Gasteiger partial charge in [-0.2, -0.15) is 0 Å². The Hall–Kier alpha value is -2.57. The maximum Gasteiger partial charge on any atom is 0.283 e. The van der Waals surface area contributed by atoms with Crippen LogP contribution in [0.2, 0.25) is 0 Å². The van der Waals surface area contributed by atoms with E-state index < -0.39 is 6.67 Å². The minimum atomic E-state index is -0.620. The van der Waals surface area contributed by atoms with Crippen LogP contribution < -0.4 is 5.56 Å². The van der Waals surface area contributed by atoms with Crippen molar-refractivity contribution in [1.82, 2.24) is 24.5 Å². The lowest BCUT2D eigenvalue weighted by atomic mass is 10.2. The summed E-state index contributed by atoms with van der Waals surface area (Å²) in [6, 6.07) is 9.69. The normalized spacial score (nSPS) is 11.1. The third kappa shape index (κ3) is 2.18. The summed E-state index contributed by atoms with van der Waals surface area (Å²) in [6.45, 7) is -0.157. The summed E-state index contributed by atoms with van der Waals surface area (Å²) in [5.41, 5.74) is 1.24. The van der Waals surface area contributed by atoms with Crippen LogP contribution in [0, 0.1) is 0 Å². The van der Waals surface area contributed by atoms with Crippen LogP contribution in [-0.4, -0.2) is 31.2 Å². The molecule has 7 heteroatoms. The largest absolute Gasteiger partial charge is 0.295 e. The Morgan fingerprint density at radius 1 is 1.20 bits per heavy atom. The average Bonchev–Trinajstić information content (AvgIpc) is 2.87. The highest BCUT2D eigenvalue weighted by atomic mass is 19.1. The third-order valence-corrected chi connectivity index (χ3v) is 2.99. The zero-order valence-corrected chi connectivity index (χ0v) is 10.6. The van der Waals surface area contributed by atoms with E-state index in [1.54, 1.807) is 4.68 Å². The van der Waals surface area contributed by atoms with Crippen LogP contribution in [0.4, 0.5) is 4.39 Å². The van der Waals surface area contributed by atoms with Crippen LogP contribution in [0.1, 0.15) is 5.56 Å². The van der Waals surface area contributed by atoms with Gasteiger partial charge in [0.05, 0.1) is 13.1 Å². The van der Waals surface area contributed by atoms with Crippen LogP contribution in [-0.2, 0) is 13.1 Å². The second-order valence-corrected chi connectivity index (χ2v) is 4.34. The van der Waals surface area contributed by atoms with Crippen molar-refractivity contribution in [3.8, 4) is 0 Å². The number of nitrogens with zero attached hydrogens (tertiary/aromatic N) is 5. The van der Waals surface area contributed by atoms with E-state index in [1.165, 1.54) is 10.9 Å². The molecule has 2 heterocycles. The standard InChI is InChI=1S/C13H12FN5O/c14-6-7-18-9-15-12-11(13(18)20)16-17-19(12)8-10-4-2-1-3-5-10/h1-5,9H,6-8H2. The molecular formula is C13H12FN5O. The minimum Gasteiger partial charge on any atom is -0.295 e. The van der Waals surface area contributed by atoms with Gasteiger partial charge < -0.3 is 0 Å². The molecule has 0 atom stereocenters. The van der Waals surface area contributed by atoms with Crippen molar-refractivity contribution < 1.29 is 4.39 Å². The molecule has 0 aliphatic carbocycles. The van der Waals surface area contributed by atoms with Crippen LogP contribution in [0.15, 0.2) is 41.5 Å². The molecule has 20 heavy (non-hydrogen) atoms. The molecule has 0 amide bonds. The van der Waals surface area contributed by atoms with Crippen molar-refractivity contribution in [2.75, 3.05) is 6.67 Å². The molecule has 2 aromatic heterocycles. The molecule has 0 radical (unpaired) electrons. The van der Waals surface area contributed by atoms with Gasteiger partial charge in [-0.05, 0) is 5.56 Å².